The Kier molecular flexibility index (Phi) is 10.3. The number of anilines is 2. The molecular weight excluding hydrogens is 528 g/mol. The van der Waals surface area contributed by atoms with Gasteiger partial charge in [-0.3, -0.25) is 15.0 Å². The van der Waals surface area contributed by atoms with Gasteiger partial charge in [0, 0.05) is 36.1 Å². The first-order valence-corrected chi connectivity index (χ1v) is 13.0. The van der Waals surface area contributed by atoms with E-state index in [1.165, 1.54) is 0 Å². The van der Waals surface area contributed by atoms with Gasteiger partial charge in [0.1, 0.15) is 11.7 Å². The molecule has 4 N–H and O–H groups in total. The molecule has 0 atom stereocenters. The number of nitrogens with zero attached hydrogens (tertiary/aromatic N) is 3. The quantitative estimate of drug-likeness (QED) is 0.133. The van der Waals surface area contributed by atoms with Gasteiger partial charge in [-0.25, -0.2) is 4.98 Å². The second-order valence-corrected chi connectivity index (χ2v) is 9.13. The molecule has 0 saturated heterocycles. The summed E-state index contributed by atoms with van der Waals surface area (Å²) in [7, 11) is 1.95. The molecule has 4 aromatic rings. The van der Waals surface area contributed by atoms with Crippen LogP contribution in [-0.4, -0.2) is 40.4 Å². The van der Waals surface area contributed by atoms with Gasteiger partial charge in [-0.05, 0) is 67.4 Å². The zero-order valence-corrected chi connectivity index (χ0v) is 23.8. The van der Waals surface area contributed by atoms with Gasteiger partial charge < -0.3 is 25.3 Å². The maximum absolute atomic E-state index is 13.6. The molecule has 0 aliphatic heterocycles. The summed E-state index contributed by atoms with van der Waals surface area (Å²) in [4.78, 5) is 32.0. The number of imidazole rings is 1. The fraction of sp³-hybridized carbons (Fsp3) is 0.267. The molecule has 0 radical (unpaired) electrons. The molecule has 3 aromatic carbocycles. The first-order chi connectivity index (χ1) is 18.8. The lowest BCUT2D eigenvalue weighted by Crippen LogP contribution is -2.33. The number of carbonyl (C=O) groups excluding carboxylic acids is 2. The third-order valence-corrected chi connectivity index (χ3v) is 6.61. The SMILES string of the molecule is CCOC(=O)CCN(C(=O)c1ccc2c(c1)nc(CNc1ccc(C(=N)N)cc1CC)n2C)c1ccccc1.Cl. The Morgan fingerprint density at radius 3 is 2.45 bits per heavy atom. The van der Waals surface area contributed by atoms with Crippen LogP contribution >= 0.6 is 12.4 Å². The number of nitrogens with one attached hydrogen (secondary N) is 2. The number of nitrogens with two attached hydrogens (primary N) is 1. The van der Waals surface area contributed by atoms with Crippen LogP contribution in [0.25, 0.3) is 11.0 Å². The molecule has 40 heavy (non-hydrogen) atoms. The van der Waals surface area contributed by atoms with Crippen LogP contribution in [0.3, 0.4) is 0 Å². The van der Waals surface area contributed by atoms with Crippen molar-refractivity contribution in [3.63, 3.8) is 0 Å². The van der Waals surface area contributed by atoms with Gasteiger partial charge >= 0.3 is 5.97 Å². The first kappa shape index (κ1) is 30.2. The lowest BCUT2D eigenvalue weighted by atomic mass is 10.1. The molecule has 1 heterocycles. The lowest BCUT2D eigenvalue weighted by Gasteiger charge is -2.22. The Morgan fingerprint density at radius 1 is 1.05 bits per heavy atom. The third-order valence-electron chi connectivity index (χ3n) is 6.61. The van der Waals surface area contributed by atoms with E-state index in [0.29, 0.717) is 35.5 Å². The van der Waals surface area contributed by atoms with E-state index in [-0.39, 0.29) is 43.1 Å². The van der Waals surface area contributed by atoms with Crippen molar-refractivity contribution >= 4 is 52.5 Å². The smallest absolute Gasteiger partial charge is 0.307 e. The predicted octanol–water partition coefficient (Wildman–Crippen LogP) is 5.05. The van der Waals surface area contributed by atoms with Crippen LogP contribution in [0.15, 0.2) is 66.7 Å². The van der Waals surface area contributed by atoms with E-state index in [1.807, 2.05) is 66.2 Å². The number of nitrogen functional groups attached to an aromatic ring is 1. The standard InChI is InChI=1S/C30H34N6O3.ClH/c1-4-20-17-21(29(31)32)11-13-24(20)33-19-27-34-25-18-22(12-14-26(25)35(27)3)30(38)36(16-15-28(37)39-5-2)23-9-7-6-8-10-23;/h6-14,17-18,33H,4-5,15-16,19H2,1-3H3,(H3,31,32);1H. The number of rotatable bonds is 11. The van der Waals surface area contributed by atoms with E-state index < -0.39 is 0 Å². The number of aryl methyl sites for hydroxylation is 2. The van der Waals surface area contributed by atoms with Gasteiger partial charge in [0.25, 0.3) is 5.91 Å². The van der Waals surface area contributed by atoms with Crippen LogP contribution in [0, 0.1) is 5.41 Å². The minimum atomic E-state index is -0.342. The van der Waals surface area contributed by atoms with E-state index in [0.717, 1.165) is 29.0 Å². The van der Waals surface area contributed by atoms with Crippen molar-refractivity contribution in [1.29, 1.82) is 5.41 Å². The summed E-state index contributed by atoms with van der Waals surface area (Å²) in [6, 6.07) is 20.5. The summed E-state index contributed by atoms with van der Waals surface area (Å²) in [5, 5.41) is 11.1. The molecular formula is C30H35ClN6O3. The second kappa shape index (κ2) is 13.6. The summed E-state index contributed by atoms with van der Waals surface area (Å²) >= 11 is 0. The predicted molar refractivity (Wildman–Crippen MR) is 161 cm³/mol. The Bertz CT molecular complexity index is 1500. The van der Waals surface area contributed by atoms with Crippen LogP contribution in [0.1, 0.15) is 47.6 Å². The van der Waals surface area contributed by atoms with Crippen LogP contribution in [0.4, 0.5) is 11.4 Å². The van der Waals surface area contributed by atoms with E-state index in [4.69, 9.17) is 20.9 Å². The van der Waals surface area contributed by atoms with Crippen LogP contribution in [0.2, 0.25) is 0 Å². The fourth-order valence-electron chi connectivity index (χ4n) is 4.49. The number of para-hydroxylation sites is 1. The number of esters is 1. The largest absolute Gasteiger partial charge is 0.466 e. The van der Waals surface area contributed by atoms with E-state index in [1.54, 1.807) is 24.0 Å². The zero-order chi connectivity index (χ0) is 27.9. The monoisotopic (exact) mass is 562 g/mol. The Labute approximate surface area is 240 Å². The van der Waals surface area contributed by atoms with Gasteiger partial charge in [-0.15, -0.1) is 12.4 Å². The number of carbonyl (C=O) groups is 2. The average Bonchev–Trinajstić information content (AvgIpc) is 3.26. The number of hydrogen-bond donors (Lipinski definition) is 3. The Morgan fingerprint density at radius 2 is 1.77 bits per heavy atom. The molecule has 0 aliphatic carbocycles. The highest BCUT2D eigenvalue weighted by Crippen LogP contribution is 2.23. The summed E-state index contributed by atoms with van der Waals surface area (Å²) in [6.07, 6.45) is 0.898. The Hall–Kier alpha value is -4.37. The average molecular weight is 563 g/mol. The first-order valence-electron chi connectivity index (χ1n) is 13.0. The minimum Gasteiger partial charge on any atom is -0.466 e. The van der Waals surface area contributed by atoms with E-state index >= 15 is 0 Å². The molecule has 9 nitrogen and oxygen atoms in total. The van der Waals surface area contributed by atoms with Crippen molar-refractivity contribution in [2.75, 3.05) is 23.4 Å². The summed E-state index contributed by atoms with van der Waals surface area (Å²) < 4.78 is 7.06. The number of aromatic nitrogens is 2. The second-order valence-electron chi connectivity index (χ2n) is 9.13. The van der Waals surface area contributed by atoms with Crippen molar-refractivity contribution in [1.82, 2.24) is 9.55 Å². The number of amides is 1. The summed E-state index contributed by atoms with van der Waals surface area (Å²) in [6.45, 7) is 4.81. The fourth-order valence-corrected chi connectivity index (χ4v) is 4.49. The summed E-state index contributed by atoms with van der Waals surface area (Å²) in [5.41, 5.74) is 11.2. The molecule has 0 fully saturated rings. The van der Waals surface area contributed by atoms with Gasteiger partial charge in [0.05, 0.1) is 30.6 Å². The zero-order valence-electron chi connectivity index (χ0n) is 22.9. The molecule has 4 rings (SSSR count). The number of fused-ring (bicyclic) bond motifs is 1. The molecule has 0 aliphatic rings. The topological polar surface area (TPSA) is 126 Å². The van der Waals surface area contributed by atoms with Crippen molar-refractivity contribution in [3.8, 4) is 0 Å². The summed E-state index contributed by atoms with van der Waals surface area (Å²) in [5.74, 6) is 0.305. The van der Waals surface area contributed by atoms with Gasteiger partial charge in [-0.1, -0.05) is 25.1 Å². The number of halogens is 1. The molecule has 1 amide bonds. The number of ether oxygens (including phenoxy) is 1. The third kappa shape index (κ3) is 6.79. The molecule has 10 heteroatoms. The van der Waals surface area contributed by atoms with Crippen LogP contribution in [0.5, 0.6) is 0 Å². The van der Waals surface area contributed by atoms with E-state index in [2.05, 4.69) is 12.2 Å². The van der Waals surface area contributed by atoms with Crippen molar-refractivity contribution in [3.05, 3.63) is 89.2 Å². The molecule has 0 bridgehead atoms. The Balaban J connectivity index is 0.00000441. The van der Waals surface area contributed by atoms with Crippen molar-refractivity contribution in [2.45, 2.75) is 33.2 Å². The van der Waals surface area contributed by atoms with Gasteiger partial charge in [-0.2, -0.15) is 0 Å². The highest BCUT2D eigenvalue weighted by Gasteiger charge is 2.20. The van der Waals surface area contributed by atoms with E-state index in [9.17, 15) is 9.59 Å². The van der Waals surface area contributed by atoms with Crippen molar-refractivity contribution < 1.29 is 14.3 Å². The highest BCUT2D eigenvalue weighted by molar-refractivity contribution is 6.07. The number of benzene rings is 3. The van der Waals surface area contributed by atoms with Gasteiger partial charge in [0.15, 0.2) is 0 Å². The van der Waals surface area contributed by atoms with Crippen molar-refractivity contribution in [2.24, 2.45) is 12.8 Å². The highest BCUT2D eigenvalue weighted by atomic mass is 35.5. The molecule has 1 aromatic heterocycles. The van der Waals surface area contributed by atoms with Crippen LogP contribution in [-0.2, 0) is 29.5 Å². The maximum atomic E-state index is 13.6. The maximum Gasteiger partial charge on any atom is 0.307 e. The molecule has 0 unspecified atom stereocenters. The number of amidine groups is 1. The molecule has 0 spiro atoms. The lowest BCUT2D eigenvalue weighted by molar-refractivity contribution is -0.142. The number of hydrogen-bond acceptors (Lipinski definition) is 6. The van der Waals surface area contributed by atoms with Crippen LogP contribution < -0.4 is 16.0 Å². The van der Waals surface area contributed by atoms with Gasteiger partial charge in [0.2, 0.25) is 0 Å². The normalized spacial score (nSPS) is 10.6. The molecule has 210 valence electrons. The molecule has 0 saturated carbocycles. The minimum absolute atomic E-state index is 0.